The highest BCUT2D eigenvalue weighted by atomic mass is 16.3. The first-order chi connectivity index (χ1) is 10.0. The summed E-state index contributed by atoms with van der Waals surface area (Å²) in [7, 11) is 0. The van der Waals surface area contributed by atoms with Crippen LogP contribution >= 0.6 is 0 Å². The van der Waals surface area contributed by atoms with E-state index < -0.39 is 0 Å². The van der Waals surface area contributed by atoms with Crippen molar-refractivity contribution in [2.24, 2.45) is 0 Å². The molecule has 1 N–H and O–H groups in total. The molecule has 0 amide bonds. The van der Waals surface area contributed by atoms with E-state index >= 15 is 0 Å². The van der Waals surface area contributed by atoms with Crippen molar-refractivity contribution in [3.8, 4) is 0 Å². The third kappa shape index (κ3) is 2.61. The predicted octanol–water partition coefficient (Wildman–Crippen LogP) is 4.32. The minimum Gasteiger partial charge on any atom is -0.466 e. The Morgan fingerprint density at radius 2 is 1.71 bits per heavy atom. The fraction of sp³-hybridized carbons (Fsp3) is 0.294. The zero-order valence-electron chi connectivity index (χ0n) is 12.8. The van der Waals surface area contributed by atoms with Gasteiger partial charge in [0, 0.05) is 5.56 Å². The Hall–Kier alpha value is -2.36. The number of aryl methyl sites for hydroxylation is 3. The maximum absolute atomic E-state index is 5.60. The Bertz CT molecular complexity index is 792. The first kappa shape index (κ1) is 13.6. The molecule has 108 valence electrons. The molecule has 2 heterocycles. The van der Waals surface area contributed by atoms with Crippen molar-refractivity contribution >= 4 is 16.9 Å². The molecule has 0 saturated heterocycles. The van der Waals surface area contributed by atoms with Crippen molar-refractivity contribution in [1.82, 2.24) is 9.97 Å². The number of nitrogens with one attached hydrogen (secondary N) is 1. The average molecular weight is 281 g/mol. The molecule has 0 fully saturated rings. The number of rotatable bonds is 3. The zero-order chi connectivity index (χ0) is 15.0. The molecular formula is C17H19N3O. The molecule has 0 saturated carbocycles. The second-order valence-corrected chi connectivity index (χ2v) is 5.38. The number of hydrogen-bond donors (Lipinski definition) is 1. The van der Waals surface area contributed by atoms with Crippen LogP contribution in [0.5, 0.6) is 0 Å². The summed E-state index contributed by atoms with van der Waals surface area (Å²) in [4.78, 5) is 9.27. The van der Waals surface area contributed by atoms with E-state index in [1.165, 1.54) is 0 Å². The Morgan fingerprint density at radius 3 is 2.33 bits per heavy atom. The van der Waals surface area contributed by atoms with Crippen molar-refractivity contribution in [3.63, 3.8) is 0 Å². The lowest BCUT2D eigenvalue weighted by Crippen LogP contribution is -2.10. The average Bonchev–Trinajstić information content (AvgIpc) is 2.78. The second kappa shape index (κ2) is 5.20. The maximum Gasteiger partial charge on any atom is 0.148 e. The molecule has 0 aliphatic heterocycles. The fourth-order valence-electron chi connectivity index (χ4n) is 2.59. The Balaban J connectivity index is 1.94. The lowest BCUT2D eigenvalue weighted by Gasteiger charge is -2.15. The molecule has 0 aliphatic carbocycles. The van der Waals surface area contributed by atoms with E-state index in [9.17, 15) is 0 Å². The molecule has 21 heavy (non-hydrogen) atoms. The van der Waals surface area contributed by atoms with Gasteiger partial charge in [-0.1, -0.05) is 12.1 Å². The summed E-state index contributed by atoms with van der Waals surface area (Å²) in [6, 6.07) is 10.1. The number of aromatic nitrogens is 2. The molecule has 4 nitrogen and oxygen atoms in total. The van der Waals surface area contributed by atoms with Gasteiger partial charge in [0.1, 0.15) is 17.3 Å². The quantitative estimate of drug-likeness (QED) is 0.776. The van der Waals surface area contributed by atoms with Crippen LogP contribution in [0.25, 0.3) is 11.0 Å². The summed E-state index contributed by atoms with van der Waals surface area (Å²) in [5, 5.41) is 3.44. The van der Waals surface area contributed by atoms with E-state index in [4.69, 9.17) is 4.42 Å². The van der Waals surface area contributed by atoms with E-state index in [2.05, 4.69) is 28.3 Å². The smallest absolute Gasteiger partial charge is 0.148 e. The molecule has 0 radical (unpaired) electrons. The van der Waals surface area contributed by atoms with Crippen LogP contribution in [-0.2, 0) is 0 Å². The summed E-state index contributed by atoms with van der Waals surface area (Å²) < 4.78 is 5.60. The van der Waals surface area contributed by atoms with Crippen LogP contribution in [0.3, 0.4) is 0 Å². The van der Waals surface area contributed by atoms with E-state index in [-0.39, 0.29) is 6.04 Å². The van der Waals surface area contributed by atoms with Gasteiger partial charge >= 0.3 is 0 Å². The van der Waals surface area contributed by atoms with Crippen molar-refractivity contribution in [1.29, 1.82) is 0 Å². The van der Waals surface area contributed by atoms with Crippen molar-refractivity contribution < 1.29 is 4.42 Å². The minimum atomic E-state index is 0.122. The van der Waals surface area contributed by atoms with E-state index in [0.717, 1.165) is 39.6 Å². The number of para-hydroxylation sites is 2. The highest BCUT2D eigenvalue weighted by Crippen LogP contribution is 2.26. The maximum atomic E-state index is 5.60. The Kier molecular flexibility index (Phi) is 3.37. The highest BCUT2D eigenvalue weighted by Gasteiger charge is 2.14. The number of furan rings is 1. The van der Waals surface area contributed by atoms with Crippen molar-refractivity contribution in [3.05, 3.63) is 53.1 Å². The fourth-order valence-corrected chi connectivity index (χ4v) is 2.59. The second-order valence-electron chi connectivity index (χ2n) is 5.38. The first-order valence-electron chi connectivity index (χ1n) is 7.11. The number of benzene rings is 1. The van der Waals surface area contributed by atoms with Crippen LogP contribution in [0.15, 0.2) is 34.7 Å². The van der Waals surface area contributed by atoms with Gasteiger partial charge in [-0.25, -0.2) is 9.97 Å². The summed E-state index contributed by atoms with van der Waals surface area (Å²) in [6.07, 6.45) is 0. The topological polar surface area (TPSA) is 51.0 Å². The lowest BCUT2D eigenvalue weighted by atomic mass is 10.1. The normalized spacial score (nSPS) is 12.6. The summed E-state index contributed by atoms with van der Waals surface area (Å²) in [5.41, 5.74) is 3.88. The molecule has 3 aromatic rings. The predicted molar refractivity (Wildman–Crippen MR) is 84.5 cm³/mol. The first-order valence-corrected chi connectivity index (χ1v) is 7.11. The zero-order valence-corrected chi connectivity index (χ0v) is 12.8. The third-order valence-corrected chi connectivity index (χ3v) is 3.64. The van der Waals surface area contributed by atoms with E-state index in [1.54, 1.807) is 0 Å². The van der Waals surface area contributed by atoms with Gasteiger partial charge in [-0.2, -0.15) is 0 Å². The molecular weight excluding hydrogens is 262 g/mol. The van der Waals surface area contributed by atoms with Crippen LogP contribution in [-0.4, -0.2) is 9.97 Å². The molecule has 2 aromatic heterocycles. The van der Waals surface area contributed by atoms with Gasteiger partial charge in [0.15, 0.2) is 0 Å². The van der Waals surface area contributed by atoms with Gasteiger partial charge in [-0.05, 0) is 45.9 Å². The van der Waals surface area contributed by atoms with Gasteiger partial charge in [-0.15, -0.1) is 0 Å². The summed E-state index contributed by atoms with van der Waals surface area (Å²) >= 11 is 0. The van der Waals surface area contributed by atoms with E-state index in [0.29, 0.717) is 0 Å². The van der Waals surface area contributed by atoms with Crippen LogP contribution in [0.4, 0.5) is 5.82 Å². The standard InChI is InChI=1S/C17H19N3O/c1-10-9-14(13(4)21-10)11(2)19-17-12(3)18-15-7-5-6-8-16(15)20-17/h5-9,11H,1-4H3,(H,19,20). The van der Waals surface area contributed by atoms with Crippen molar-refractivity contribution in [2.45, 2.75) is 33.7 Å². The molecule has 4 heteroatoms. The van der Waals surface area contributed by atoms with Gasteiger partial charge in [0.2, 0.25) is 0 Å². The molecule has 0 bridgehead atoms. The molecule has 3 rings (SSSR count). The van der Waals surface area contributed by atoms with Gasteiger partial charge in [-0.3, -0.25) is 0 Å². The number of nitrogens with zero attached hydrogens (tertiary/aromatic N) is 2. The molecule has 1 aromatic carbocycles. The van der Waals surface area contributed by atoms with Gasteiger partial charge in [0.05, 0.1) is 22.8 Å². The largest absolute Gasteiger partial charge is 0.466 e. The van der Waals surface area contributed by atoms with Gasteiger partial charge in [0.25, 0.3) is 0 Å². The molecule has 0 aliphatic rings. The SMILES string of the molecule is Cc1cc(C(C)Nc2nc3ccccc3nc2C)c(C)o1. The van der Waals surface area contributed by atoms with Crippen LogP contribution in [0.1, 0.15) is 35.7 Å². The number of anilines is 1. The monoisotopic (exact) mass is 281 g/mol. The van der Waals surface area contributed by atoms with E-state index in [1.807, 2.05) is 45.0 Å². The van der Waals surface area contributed by atoms with Crippen LogP contribution < -0.4 is 5.32 Å². The lowest BCUT2D eigenvalue weighted by molar-refractivity contribution is 0.499. The van der Waals surface area contributed by atoms with Crippen LogP contribution in [0, 0.1) is 20.8 Å². The third-order valence-electron chi connectivity index (χ3n) is 3.64. The van der Waals surface area contributed by atoms with Gasteiger partial charge < -0.3 is 9.73 Å². The molecule has 1 atom stereocenters. The molecule has 1 unspecified atom stereocenters. The highest BCUT2D eigenvalue weighted by molar-refractivity contribution is 5.76. The number of fused-ring (bicyclic) bond motifs is 1. The Morgan fingerprint density at radius 1 is 1.05 bits per heavy atom. The van der Waals surface area contributed by atoms with Crippen molar-refractivity contribution in [2.75, 3.05) is 5.32 Å². The summed E-state index contributed by atoms with van der Waals surface area (Å²) in [6.45, 7) is 8.03. The minimum absolute atomic E-state index is 0.122. The number of hydrogen-bond acceptors (Lipinski definition) is 4. The summed E-state index contributed by atoms with van der Waals surface area (Å²) in [5.74, 6) is 2.69. The Labute approximate surface area is 124 Å². The van der Waals surface area contributed by atoms with Crippen LogP contribution in [0.2, 0.25) is 0 Å². The molecule has 0 spiro atoms.